The minimum atomic E-state index is -0.840. The molecule has 0 saturated heterocycles. The Morgan fingerprint density at radius 2 is 2.32 bits per heavy atom. The highest BCUT2D eigenvalue weighted by Gasteiger charge is 2.14. The second-order valence-corrected chi connectivity index (χ2v) is 5.79. The van der Waals surface area contributed by atoms with E-state index in [-0.39, 0.29) is 0 Å². The maximum atomic E-state index is 11.4. The molecule has 1 aliphatic carbocycles. The molecule has 0 saturated carbocycles. The third-order valence-corrected chi connectivity index (χ3v) is 4.21. The van der Waals surface area contributed by atoms with E-state index in [0.29, 0.717) is 5.56 Å². The van der Waals surface area contributed by atoms with Gasteiger partial charge in [-0.1, -0.05) is 12.1 Å². The minimum Gasteiger partial charge on any atom is -0.478 e. The largest absolute Gasteiger partial charge is 0.478 e. The zero-order chi connectivity index (χ0) is 15.5. The molecule has 2 heterocycles. The van der Waals surface area contributed by atoms with E-state index < -0.39 is 5.97 Å². The summed E-state index contributed by atoms with van der Waals surface area (Å²) in [5.74, 6) is -0.840. The molecule has 0 aromatic carbocycles. The topological polar surface area (TPSA) is 55.1 Å². The Morgan fingerprint density at radius 1 is 1.45 bits per heavy atom. The van der Waals surface area contributed by atoms with Crippen LogP contribution in [0.5, 0.6) is 0 Å². The quantitative estimate of drug-likeness (QED) is 0.917. The number of nitrogens with zero attached hydrogens (tertiary/aromatic N) is 2. The molecule has 114 valence electrons. The summed E-state index contributed by atoms with van der Waals surface area (Å²) < 4.78 is 2.11. The van der Waals surface area contributed by atoms with Crippen molar-refractivity contribution < 1.29 is 9.90 Å². The van der Waals surface area contributed by atoms with E-state index in [9.17, 15) is 9.90 Å². The van der Waals surface area contributed by atoms with Crippen molar-refractivity contribution in [3.63, 3.8) is 0 Å². The average molecular weight is 296 g/mol. The lowest BCUT2D eigenvalue weighted by atomic mass is 10.0. The highest BCUT2D eigenvalue weighted by Crippen LogP contribution is 2.09. The lowest BCUT2D eigenvalue weighted by Crippen LogP contribution is -2.35. The van der Waals surface area contributed by atoms with Gasteiger partial charge < -0.3 is 9.67 Å². The lowest BCUT2D eigenvalue weighted by Gasteiger charge is -2.09. The molecule has 1 aliphatic rings. The number of aromatic nitrogens is 2. The predicted octanol–water partition coefficient (Wildman–Crippen LogP) is 1.96. The highest BCUT2D eigenvalue weighted by molar-refractivity contribution is 5.88. The Hall–Kier alpha value is -2.36. The Balaban J connectivity index is 1.86. The Morgan fingerprint density at radius 3 is 3.05 bits per heavy atom. The van der Waals surface area contributed by atoms with Gasteiger partial charge in [0.05, 0.1) is 5.56 Å². The highest BCUT2D eigenvalue weighted by atomic mass is 16.4. The van der Waals surface area contributed by atoms with Crippen molar-refractivity contribution in [2.45, 2.75) is 39.2 Å². The van der Waals surface area contributed by atoms with Crippen LogP contribution in [0, 0.1) is 0 Å². The molecule has 0 bridgehead atoms. The third-order valence-electron chi connectivity index (χ3n) is 4.21. The van der Waals surface area contributed by atoms with Crippen LogP contribution in [-0.4, -0.2) is 20.6 Å². The fraction of sp³-hybridized carbons (Fsp3) is 0.333. The Kier molecular flexibility index (Phi) is 4.09. The average Bonchev–Trinajstić information content (AvgIpc) is 2.89. The molecule has 0 radical (unpaired) electrons. The van der Waals surface area contributed by atoms with Crippen molar-refractivity contribution in [2.24, 2.45) is 0 Å². The molecule has 3 rings (SSSR count). The maximum absolute atomic E-state index is 11.4. The Bertz CT molecular complexity index is 804. The Labute approximate surface area is 129 Å². The van der Waals surface area contributed by atoms with Gasteiger partial charge in [0.25, 0.3) is 0 Å². The molecule has 2 aromatic heterocycles. The minimum absolute atomic E-state index is 0.426. The number of rotatable bonds is 5. The lowest BCUT2D eigenvalue weighted by molar-refractivity contribution is 0.0695. The van der Waals surface area contributed by atoms with Gasteiger partial charge in [0.2, 0.25) is 0 Å². The van der Waals surface area contributed by atoms with Crippen LogP contribution in [0.4, 0.5) is 0 Å². The van der Waals surface area contributed by atoms with Crippen LogP contribution in [0.2, 0.25) is 0 Å². The number of hydrogen-bond acceptors (Lipinski definition) is 2. The maximum Gasteiger partial charge on any atom is 0.337 e. The summed E-state index contributed by atoms with van der Waals surface area (Å²) in [5.41, 5.74) is 2.93. The monoisotopic (exact) mass is 296 g/mol. The van der Waals surface area contributed by atoms with Crippen LogP contribution in [0.15, 0.2) is 30.7 Å². The van der Waals surface area contributed by atoms with Crippen molar-refractivity contribution in [2.75, 3.05) is 0 Å². The fourth-order valence-corrected chi connectivity index (χ4v) is 3.15. The van der Waals surface area contributed by atoms with Crippen LogP contribution >= 0.6 is 0 Å². The van der Waals surface area contributed by atoms with Crippen molar-refractivity contribution >= 4 is 17.6 Å². The van der Waals surface area contributed by atoms with Gasteiger partial charge in [0.15, 0.2) is 0 Å². The van der Waals surface area contributed by atoms with Gasteiger partial charge in [-0.2, -0.15) is 0 Å². The standard InChI is InChI=1S/C18H20N2O2/c1-13-5-2-8-15-16(18(21)22)12-20(17(13)15)10-4-7-14-6-3-9-19-11-14/h3,6,8-9,11-12H,2,4-5,7,10H2,1H3,(H,21,22). The smallest absolute Gasteiger partial charge is 0.337 e. The number of fused-ring (bicyclic) bond motifs is 1. The molecule has 0 aliphatic heterocycles. The van der Waals surface area contributed by atoms with E-state index in [1.165, 1.54) is 11.1 Å². The molecule has 0 spiro atoms. The first kappa shape index (κ1) is 14.6. The molecular formula is C18H20N2O2. The zero-order valence-corrected chi connectivity index (χ0v) is 12.7. The van der Waals surface area contributed by atoms with Crippen molar-refractivity contribution in [3.05, 3.63) is 52.4 Å². The van der Waals surface area contributed by atoms with Crippen LogP contribution in [0.25, 0.3) is 11.6 Å². The van der Waals surface area contributed by atoms with Gasteiger partial charge in [-0.3, -0.25) is 4.98 Å². The van der Waals surface area contributed by atoms with E-state index >= 15 is 0 Å². The zero-order valence-electron chi connectivity index (χ0n) is 12.7. The number of hydrogen-bond donors (Lipinski definition) is 1. The summed E-state index contributed by atoms with van der Waals surface area (Å²) in [7, 11) is 0. The summed E-state index contributed by atoms with van der Waals surface area (Å²) in [5, 5.41) is 11.4. The summed E-state index contributed by atoms with van der Waals surface area (Å²) in [6, 6.07) is 4.02. The number of carbonyl (C=O) groups is 1. The summed E-state index contributed by atoms with van der Waals surface area (Å²) in [6.07, 6.45) is 11.4. The van der Waals surface area contributed by atoms with Crippen LogP contribution in [-0.2, 0) is 13.0 Å². The molecular weight excluding hydrogens is 276 g/mol. The molecule has 0 fully saturated rings. The van der Waals surface area contributed by atoms with E-state index in [0.717, 1.165) is 42.8 Å². The normalized spacial score (nSPS) is 13.6. The van der Waals surface area contributed by atoms with E-state index in [1.54, 1.807) is 12.4 Å². The molecule has 4 nitrogen and oxygen atoms in total. The molecule has 0 atom stereocenters. The molecule has 22 heavy (non-hydrogen) atoms. The first-order chi connectivity index (χ1) is 10.7. The first-order valence-corrected chi connectivity index (χ1v) is 7.68. The molecule has 4 heteroatoms. The molecule has 2 aromatic rings. The number of aromatic carboxylic acids is 1. The second kappa shape index (κ2) is 6.18. The predicted molar refractivity (Wildman–Crippen MR) is 86.0 cm³/mol. The number of carboxylic acids is 1. The second-order valence-electron chi connectivity index (χ2n) is 5.79. The van der Waals surface area contributed by atoms with Gasteiger partial charge in [-0.25, -0.2) is 4.79 Å². The summed E-state index contributed by atoms with van der Waals surface area (Å²) in [4.78, 5) is 15.6. The molecule has 0 unspecified atom stereocenters. The van der Waals surface area contributed by atoms with Crippen LogP contribution in [0.1, 0.15) is 42.1 Å². The third kappa shape index (κ3) is 2.82. The van der Waals surface area contributed by atoms with Gasteiger partial charge in [0.1, 0.15) is 0 Å². The van der Waals surface area contributed by atoms with Crippen molar-refractivity contribution in [1.29, 1.82) is 0 Å². The van der Waals surface area contributed by atoms with Gasteiger partial charge in [-0.15, -0.1) is 0 Å². The summed E-state index contributed by atoms with van der Waals surface area (Å²) >= 11 is 0. The summed E-state index contributed by atoms with van der Waals surface area (Å²) in [6.45, 7) is 2.94. The van der Waals surface area contributed by atoms with Gasteiger partial charge in [0, 0.05) is 35.7 Å². The number of carboxylic acid groups (broad SMARTS) is 1. The van der Waals surface area contributed by atoms with Crippen molar-refractivity contribution in [3.8, 4) is 0 Å². The van der Waals surface area contributed by atoms with E-state index in [2.05, 4.69) is 28.6 Å². The first-order valence-electron chi connectivity index (χ1n) is 7.68. The van der Waals surface area contributed by atoms with Crippen molar-refractivity contribution in [1.82, 2.24) is 9.55 Å². The number of aryl methyl sites for hydroxylation is 2. The van der Waals surface area contributed by atoms with Gasteiger partial charge in [-0.05, 0) is 49.8 Å². The molecule has 1 N–H and O–H groups in total. The number of pyridine rings is 1. The van der Waals surface area contributed by atoms with Crippen LogP contribution < -0.4 is 10.6 Å². The van der Waals surface area contributed by atoms with Crippen LogP contribution in [0.3, 0.4) is 0 Å². The fourth-order valence-electron chi connectivity index (χ4n) is 3.15. The van der Waals surface area contributed by atoms with E-state index in [4.69, 9.17) is 0 Å². The van der Waals surface area contributed by atoms with Gasteiger partial charge >= 0.3 is 5.97 Å². The van der Waals surface area contributed by atoms with E-state index in [1.807, 2.05) is 12.3 Å². The molecule has 0 amide bonds. The SMILES string of the molecule is CC1=c2c(c(C(=O)O)cn2CCCc2cccnc2)=CCC1.